The summed E-state index contributed by atoms with van der Waals surface area (Å²) in [7, 11) is -9.83. The maximum Gasteiger partial charge on any atom is 0.323 e. The first-order valence-corrected chi connectivity index (χ1v) is 18.4. The molecule has 0 heterocycles. The molecule has 0 spiro atoms. The van der Waals surface area contributed by atoms with Gasteiger partial charge in [0.25, 0.3) is 20.2 Å². The lowest BCUT2D eigenvalue weighted by Crippen LogP contribution is -2.28. The molecule has 0 atom stereocenters. The van der Waals surface area contributed by atoms with E-state index in [1.807, 2.05) is 0 Å². The van der Waals surface area contributed by atoms with Gasteiger partial charge in [-0.2, -0.15) is 27.0 Å². The van der Waals surface area contributed by atoms with Gasteiger partial charge in [-0.1, -0.05) is 24.3 Å². The Balaban J connectivity index is 1.20. The smallest absolute Gasteiger partial charge is 0.323 e. The largest absolute Gasteiger partial charge is 0.378 e. The minimum atomic E-state index is -4.92. The zero-order valence-electron chi connectivity index (χ0n) is 27.5. The number of allylic oxidation sites excluding steroid dienone is 2. The van der Waals surface area contributed by atoms with E-state index in [2.05, 4.69) is 37.0 Å². The highest BCUT2D eigenvalue weighted by molar-refractivity contribution is 7.91. The van der Waals surface area contributed by atoms with Crippen molar-refractivity contribution < 1.29 is 45.1 Å². The van der Waals surface area contributed by atoms with Gasteiger partial charge in [0, 0.05) is 28.2 Å². The van der Waals surface area contributed by atoms with Crippen LogP contribution in [0.3, 0.4) is 0 Å². The lowest BCUT2D eigenvalue weighted by molar-refractivity contribution is -0.106. The van der Waals surface area contributed by atoms with E-state index < -0.39 is 59.1 Å². The molecule has 274 valence electrons. The highest BCUT2D eigenvalue weighted by Gasteiger charge is 2.34. The maximum atomic E-state index is 13.5. The van der Waals surface area contributed by atoms with Crippen molar-refractivity contribution in [1.29, 1.82) is 0 Å². The number of ketones is 2. The van der Waals surface area contributed by atoms with E-state index in [-0.39, 0.29) is 40.2 Å². The highest BCUT2D eigenvalue weighted by Crippen LogP contribution is 2.30. The number of nitrogens with zero attached hydrogens (tertiary/aromatic N) is 2. The van der Waals surface area contributed by atoms with Crippen LogP contribution in [-0.2, 0) is 25.0 Å². The number of urea groups is 1. The number of nitrogens with one attached hydrogen (secondary N) is 5. The van der Waals surface area contributed by atoms with Gasteiger partial charge in [-0.25, -0.2) is 4.79 Å². The molecule has 0 fully saturated rings. The van der Waals surface area contributed by atoms with Crippen LogP contribution >= 0.6 is 0 Å². The quantitative estimate of drug-likeness (QED) is 0.0619. The minimum Gasteiger partial charge on any atom is -0.378 e. The summed E-state index contributed by atoms with van der Waals surface area (Å²) in [5.74, 6) is -1.69. The molecule has 0 aromatic heterocycles. The third-order valence-electron chi connectivity index (χ3n) is 7.78. The number of amides is 2. The molecule has 0 bridgehead atoms. The standard InChI is InChI=1S/C35H27N7O10S2/c43-15-14-36-22-8-10-24(11-9-22)40-42-32-29(53(47,48)49)17-20-6-7-26(19-28(20)34(32)45)38-35(46)37-25-12-13-27-21(16-25)18-30(54(50,51)52)31(33(27)44)41-39-23-4-2-1-3-5-23/h1-13,15-19,36,39-40H,14H2,(H2,37,38,46)(H,47,48,49)(H,50,51,52)/b41-31-,42-32+. The minimum absolute atomic E-state index is 0.0445. The number of Topliss-reactive ketones (excluding diaryl/α,β-unsaturated/α-hetero) is 2. The fraction of sp³-hybridized carbons (Fsp3) is 0.0286. The number of benzene rings is 4. The number of hydrogen-bond acceptors (Lipinski definition) is 13. The summed E-state index contributed by atoms with van der Waals surface area (Å²) < 4.78 is 68.7. The Kier molecular flexibility index (Phi) is 10.3. The predicted octanol–water partition coefficient (Wildman–Crippen LogP) is 4.73. The lowest BCUT2D eigenvalue weighted by Gasteiger charge is -2.18. The Morgan fingerprint density at radius 1 is 0.611 bits per heavy atom. The van der Waals surface area contributed by atoms with Crippen molar-refractivity contribution in [3.8, 4) is 0 Å². The zero-order chi connectivity index (χ0) is 38.6. The molecule has 0 aliphatic heterocycles. The molecular weight excluding hydrogens is 743 g/mol. The second kappa shape index (κ2) is 15.0. The molecule has 2 aliphatic carbocycles. The average Bonchev–Trinajstić information content (AvgIpc) is 3.13. The predicted molar refractivity (Wildman–Crippen MR) is 203 cm³/mol. The van der Waals surface area contributed by atoms with Crippen molar-refractivity contribution in [3.63, 3.8) is 0 Å². The van der Waals surface area contributed by atoms with E-state index in [0.29, 0.717) is 23.3 Å². The first kappa shape index (κ1) is 37.0. The Bertz CT molecular complexity index is 2570. The summed E-state index contributed by atoms with van der Waals surface area (Å²) in [5.41, 5.74) is 5.82. The molecule has 19 heteroatoms. The van der Waals surface area contributed by atoms with Gasteiger partial charge in [-0.3, -0.25) is 29.5 Å². The Labute approximate surface area is 307 Å². The molecule has 2 amide bonds. The summed E-state index contributed by atoms with van der Waals surface area (Å²) in [6.45, 7) is 0.0868. The number of carbonyl (C=O) groups excluding carboxylic acids is 4. The first-order valence-electron chi connectivity index (χ1n) is 15.6. The van der Waals surface area contributed by atoms with Gasteiger partial charge >= 0.3 is 6.03 Å². The molecule has 0 saturated carbocycles. The Morgan fingerprint density at radius 2 is 1.11 bits per heavy atom. The van der Waals surface area contributed by atoms with Gasteiger partial charge in [0.05, 0.1) is 17.9 Å². The number of aldehydes is 1. The third kappa shape index (κ3) is 8.29. The van der Waals surface area contributed by atoms with Crippen LogP contribution in [0.4, 0.5) is 33.2 Å². The van der Waals surface area contributed by atoms with E-state index in [1.54, 1.807) is 54.6 Å². The van der Waals surface area contributed by atoms with E-state index in [9.17, 15) is 45.1 Å². The van der Waals surface area contributed by atoms with Crippen molar-refractivity contribution in [3.05, 3.63) is 123 Å². The number of carbonyl (C=O) groups is 4. The molecular formula is C35H27N7O10S2. The summed E-state index contributed by atoms with van der Waals surface area (Å²) in [6, 6.07) is 21.9. The number of hydrazone groups is 2. The molecule has 0 radical (unpaired) electrons. The summed E-state index contributed by atoms with van der Waals surface area (Å²) in [6.07, 6.45) is 2.78. The maximum absolute atomic E-state index is 13.5. The van der Waals surface area contributed by atoms with Crippen molar-refractivity contribution >= 4 is 96.1 Å². The van der Waals surface area contributed by atoms with Crippen LogP contribution in [0.15, 0.2) is 111 Å². The zero-order valence-corrected chi connectivity index (χ0v) is 29.1. The van der Waals surface area contributed by atoms with E-state index in [0.717, 1.165) is 12.2 Å². The van der Waals surface area contributed by atoms with Crippen LogP contribution in [0.25, 0.3) is 12.2 Å². The van der Waals surface area contributed by atoms with Crippen molar-refractivity contribution in [2.24, 2.45) is 10.2 Å². The average molecular weight is 770 g/mol. The van der Waals surface area contributed by atoms with E-state index in [1.165, 1.54) is 36.4 Å². The van der Waals surface area contributed by atoms with Crippen LogP contribution in [0.5, 0.6) is 0 Å². The van der Waals surface area contributed by atoms with Crippen molar-refractivity contribution in [2.45, 2.75) is 0 Å². The molecule has 4 aromatic rings. The van der Waals surface area contributed by atoms with Gasteiger partial charge < -0.3 is 20.7 Å². The molecule has 2 aliphatic rings. The monoisotopic (exact) mass is 769 g/mol. The van der Waals surface area contributed by atoms with Crippen molar-refractivity contribution in [1.82, 2.24) is 0 Å². The third-order valence-corrected chi connectivity index (χ3v) is 9.51. The normalized spacial score (nSPS) is 15.4. The second-order valence-electron chi connectivity index (χ2n) is 11.4. The van der Waals surface area contributed by atoms with E-state index in [4.69, 9.17) is 0 Å². The van der Waals surface area contributed by atoms with Crippen molar-refractivity contribution in [2.75, 3.05) is 33.3 Å². The van der Waals surface area contributed by atoms with Crippen LogP contribution in [0.1, 0.15) is 31.8 Å². The van der Waals surface area contributed by atoms with Gasteiger partial charge in [0.15, 0.2) is 11.4 Å². The number of rotatable bonds is 11. The molecule has 0 saturated heterocycles. The number of para-hydroxylation sites is 1. The Hall–Kier alpha value is -6.80. The van der Waals surface area contributed by atoms with Crippen LogP contribution < -0.4 is 26.8 Å². The molecule has 6 rings (SSSR count). The number of anilines is 5. The first-order chi connectivity index (χ1) is 25.7. The second-order valence-corrected chi connectivity index (χ2v) is 14.2. The number of fused-ring (bicyclic) bond motifs is 2. The molecule has 0 unspecified atom stereocenters. The summed E-state index contributed by atoms with van der Waals surface area (Å²) >= 11 is 0. The van der Waals surface area contributed by atoms with Gasteiger partial charge in [0.1, 0.15) is 16.1 Å². The SMILES string of the molecule is O=CCNc1ccc(N/N=C2/C(=O)c3cc(NC(=O)Nc4ccc5c(c4)C=C(S(=O)(=O)O)/C(=N/Nc4ccccc4)C5=O)ccc3C=C2S(=O)(=O)O)cc1. The van der Waals surface area contributed by atoms with E-state index >= 15 is 0 Å². The van der Waals surface area contributed by atoms with Crippen LogP contribution in [0.2, 0.25) is 0 Å². The van der Waals surface area contributed by atoms with Crippen LogP contribution in [-0.4, -0.2) is 67.8 Å². The molecule has 7 N–H and O–H groups in total. The fourth-order valence-electron chi connectivity index (χ4n) is 5.30. The summed E-state index contributed by atoms with van der Waals surface area (Å²) in [4.78, 5) is 48.9. The number of hydrogen-bond donors (Lipinski definition) is 7. The highest BCUT2D eigenvalue weighted by atomic mass is 32.2. The van der Waals surface area contributed by atoms with Gasteiger partial charge in [-0.15, -0.1) is 0 Å². The topological polar surface area (TPSA) is 262 Å². The summed E-state index contributed by atoms with van der Waals surface area (Å²) in [5, 5.41) is 15.8. The Morgan fingerprint density at radius 3 is 1.70 bits per heavy atom. The van der Waals surface area contributed by atoms with Gasteiger partial charge in [0.2, 0.25) is 11.6 Å². The fourth-order valence-corrected chi connectivity index (χ4v) is 6.61. The molecule has 4 aromatic carbocycles. The lowest BCUT2D eigenvalue weighted by atomic mass is 9.94. The molecule has 17 nitrogen and oxygen atoms in total. The molecule has 54 heavy (non-hydrogen) atoms. The van der Waals surface area contributed by atoms with Crippen LogP contribution in [0, 0.1) is 0 Å². The van der Waals surface area contributed by atoms with Gasteiger partial charge in [-0.05, 0) is 90.0 Å².